The van der Waals surface area contributed by atoms with Gasteiger partial charge in [-0.25, -0.2) is 0 Å². The molecule has 2 aromatic carbocycles. The van der Waals surface area contributed by atoms with Crippen LogP contribution in [-0.2, 0) is 12.8 Å². The summed E-state index contributed by atoms with van der Waals surface area (Å²) in [6.07, 6.45) is 1.36. The first-order valence-corrected chi connectivity index (χ1v) is 7.89. The zero-order valence-corrected chi connectivity index (χ0v) is 12.8. The molecule has 0 saturated carbocycles. The second-order valence-corrected chi connectivity index (χ2v) is 6.74. The minimum Gasteiger partial charge on any atom is -0.633 e. The quantitative estimate of drug-likeness (QED) is 0.600. The van der Waals surface area contributed by atoms with Crippen LogP contribution in [-0.4, -0.2) is 30.1 Å². The van der Waals surface area contributed by atoms with E-state index >= 15 is 0 Å². The molecule has 0 saturated heterocycles. The molecule has 2 heterocycles. The first-order chi connectivity index (χ1) is 11.1. The number of phenols is 1. The lowest BCUT2D eigenvalue weighted by atomic mass is 9.76. The van der Waals surface area contributed by atoms with Gasteiger partial charge in [0, 0.05) is 29.5 Å². The highest BCUT2D eigenvalue weighted by molar-refractivity contribution is 5.86. The summed E-state index contributed by atoms with van der Waals surface area (Å²) in [5, 5.41) is 23.5. The average molecular weight is 311 g/mol. The van der Waals surface area contributed by atoms with Crippen LogP contribution in [0.4, 0.5) is 0 Å². The third-order valence-electron chi connectivity index (χ3n) is 5.40. The fourth-order valence-electron chi connectivity index (χ4n) is 4.27. The van der Waals surface area contributed by atoms with E-state index in [1.165, 1.54) is 0 Å². The minimum absolute atomic E-state index is 0.155. The standard InChI is InChI=1S/C18H17NO4/c1-19(21)6-5-11-8-14-18(23-9-22-14)17-15(11)12(19)7-10-3-2-4-13(20)16(10)17/h2-4,8,12,20H,5-7,9H2,1H3/t12-,19?/m1/s1. The maximum atomic E-state index is 13.0. The number of rotatable bonds is 0. The number of hydrogen-bond donors (Lipinski definition) is 1. The Morgan fingerprint density at radius 2 is 2.09 bits per heavy atom. The lowest BCUT2D eigenvalue weighted by molar-refractivity contribution is -0.894. The van der Waals surface area contributed by atoms with Crippen LogP contribution >= 0.6 is 0 Å². The molecule has 0 amide bonds. The Labute approximate surface area is 133 Å². The zero-order chi connectivity index (χ0) is 15.8. The summed E-state index contributed by atoms with van der Waals surface area (Å²) < 4.78 is 11.0. The van der Waals surface area contributed by atoms with Crippen LogP contribution in [0.2, 0.25) is 0 Å². The number of ether oxygens (including phenoxy) is 2. The third-order valence-corrected chi connectivity index (χ3v) is 5.40. The number of nitrogens with zero attached hydrogens (tertiary/aromatic N) is 1. The number of aromatic hydroxyl groups is 1. The minimum atomic E-state index is -0.283. The monoisotopic (exact) mass is 311 g/mol. The van der Waals surface area contributed by atoms with Crippen LogP contribution in [0.5, 0.6) is 17.2 Å². The highest BCUT2D eigenvalue weighted by Crippen LogP contribution is 2.56. The molecule has 5 nitrogen and oxygen atoms in total. The summed E-state index contributed by atoms with van der Waals surface area (Å²) >= 11 is 0. The van der Waals surface area contributed by atoms with E-state index in [1.807, 2.05) is 18.2 Å². The molecule has 1 unspecified atom stereocenters. The molecule has 5 rings (SSSR count). The molecule has 118 valence electrons. The number of fused-ring (bicyclic) bond motifs is 4. The van der Waals surface area contributed by atoms with Gasteiger partial charge in [0.2, 0.25) is 6.79 Å². The predicted octanol–water partition coefficient (Wildman–Crippen LogP) is 2.89. The van der Waals surface area contributed by atoms with Crippen molar-refractivity contribution in [2.45, 2.75) is 18.9 Å². The van der Waals surface area contributed by atoms with Crippen LogP contribution < -0.4 is 9.47 Å². The fraction of sp³-hybridized carbons (Fsp3) is 0.333. The van der Waals surface area contributed by atoms with Gasteiger partial charge in [-0.3, -0.25) is 0 Å². The molecule has 2 aromatic rings. The van der Waals surface area contributed by atoms with Crippen molar-refractivity contribution in [3.8, 4) is 28.4 Å². The zero-order valence-electron chi connectivity index (χ0n) is 12.8. The number of quaternary nitrogens is 1. The van der Waals surface area contributed by atoms with Gasteiger partial charge in [-0.05, 0) is 23.3 Å². The summed E-state index contributed by atoms with van der Waals surface area (Å²) in [6.45, 7) is 0.743. The van der Waals surface area contributed by atoms with Crippen molar-refractivity contribution in [1.82, 2.24) is 0 Å². The Kier molecular flexibility index (Phi) is 2.41. The Morgan fingerprint density at radius 1 is 1.22 bits per heavy atom. The molecule has 0 spiro atoms. The second kappa shape index (κ2) is 4.19. The fourth-order valence-corrected chi connectivity index (χ4v) is 4.27. The lowest BCUT2D eigenvalue weighted by Crippen LogP contribution is -2.48. The Morgan fingerprint density at radius 3 is 2.96 bits per heavy atom. The van der Waals surface area contributed by atoms with Gasteiger partial charge in [-0.1, -0.05) is 12.1 Å². The molecule has 1 N–H and O–H groups in total. The summed E-state index contributed by atoms with van der Waals surface area (Å²) in [5.41, 5.74) is 4.84. The molecule has 0 aromatic heterocycles. The molecule has 2 aliphatic heterocycles. The summed E-state index contributed by atoms with van der Waals surface area (Å²) in [5.74, 6) is 1.62. The van der Waals surface area contributed by atoms with Crippen molar-refractivity contribution < 1.29 is 19.2 Å². The highest BCUT2D eigenvalue weighted by atomic mass is 16.7. The number of phenolic OH excluding ortho intramolecular Hbond substituents is 1. The molecular formula is C18H17NO4. The second-order valence-electron chi connectivity index (χ2n) is 6.74. The van der Waals surface area contributed by atoms with E-state index in [0.29, 0.717) is 18.7 Å². The molecule has 0 radical (unpaired) electrons. The average Bonchev–Trinajstić information content (AvgIpc) is 2.99. The van der Waals surface area contributed by atoms with Gasteiger partial charge in [-0.2, -0.15) is 0 Å². The smallest absolute Gasteiger partial charge is 0.231 e. The molecule has 0 bridgehead atoms. The van der Waals surface area contributed by atoms with Gasteiger partial charge < -0.3 is 24.4 Å². The number of hydroxylamine groups is 3. The highest BCUT2D eigenvalue weighted by Gasteiger charge is 2.43. The first-order valence-electron chi connectivity index (χ1n) is 7.89. The van der Waals surface area contributed by atoms with Gasteiger partial charge in [0.15, 0.2) is 11.5 Å². The number of benzene rings is 2. The van der Waals surface area contributed by atoms with E-state index in [1.54, 1.807) is 13.1 Å². The van der Waals surface area contributed by atoms with E-state index < -0.39 is 0 Å². The van der Waals surface area contributed by atoms with E-state index in [-0.39, 0.29) is 23.2 Å². The van der Waals surface area contributed by atoms with Crippen LogP contribution in [0.15, 0.2) is 24.3 Å². The maximum absolute atomic E-state index is 13.0. The lowest BCUT2D eigenvalue weighted by Gasteiger charge is -2.51. The van der Waals surface area contributed by atoms with Gasteiger partial charge in [0.25, 0.3) is 0 Å². The maximum Gasteiger partial charge on any atom is 0.231 e. The largest absolute Gasteiger partial charge is 0.633 e. The summed E-state index contributed by atoms with van der Waals surface area (Å²) in [6, 6.07) is 7.37. The molecular weight excluding hydrogens is 294 g/mol. The van der Waals surface area contributed by atoms with Crippen molar-refractivity contribution in [2.24, 2.45) is 0 Å². The van der Waals surface area contributed by atoms with Crippen LogP contribution in [0, 0.1) is 5.21 Å². The molecule has 23 heavy (non-hydrogen) atoms. The summed E-state index contributed by atoms with van der Waals surface area (Å²) in [7, 11) is 1.75. The van der Waals surface area contributed by atoms with Crippen LogP contribution in [0.25, 0.3) is 11.1 Å². The molecule has 3 aliphatic rings. The van der Waals surface area contributed by atoms with Crippen molar-refractivity contribution in [2.75, 3.05) is 20.4 Å². The Hall–Kier alpha value is -2.24. The Balaban J connectivity index is 1.91. The topological polar surface area (TPSA) is 61.8 Å². The molecule has 1 aliphatic carbocycles. The first kappa shape index (κ1) is 13.2. The Bertz CT molecular complexity index is 843. The molecule has 0 fully saturated rings. The van der Waals surface area contributed by atoms with Gasteiger partial charge >= 0.3 is 0 Å². The van der Waals surface area contributed by atoms with E-state index in [9.17, 15) is 10.3 Å². The third kappa shape index (κ3) is 1.63. The van der Waals surface area contributed by atoms with E-state index in [2.05, 4.69) is 0 Å². The normalized spacial score (nSPS) is 26.6. The number of likely N-dealkylation sites (N-methyl/N-ethyl adjacent to an activating group) is 1. The van der Waals surface area contributed by atoms with Crippen molar-refractivity contribution in [1.29, 1.82) is 0 Å². The SMILES string of the molecule is C[N+]1([O-])CCc2cc3c(c4c2[C@H]1Cc1cccc(O)c1-4)OCO3. The van der Waals surface area contributed by atoms with Crippen molar-refractivity contribution in [3.05, 3.63) is 46.2 Å². The predicted molar refractivity (Wildman–Crippen MR) is 84.2 cm³/mol. The van der Waals surface area contributed by atoms with E-state index in [0.717, 1.165) is 40.0 Å². The van der Waals surface area contributed by atoms with Gasteiger partial charge in [0.1, 0.15) is 11.8 Å². The molecule has 2 atom stereocenters. The van der Waals surface area contributed by atoms with Gasteiger partial charge in [-0.15, -0.1) is 0 Å². The van der Waals surface area contributed by atoms with Crippen LogP contribution in [0.3, 0.4) is 0 Å². The van der Waals surface area contributed by atoms with Crippen LogP contribution in [0.1, 0.15) is 22.7 Å². The van der Waals surface area contributed by atoms with Gasteiger partial charge in [0.05, 0.1) is 13.6 Å². The van der Waals surface area contributed by atoms with Crippen molar-refractivity contribution >= 4 is 0 Å². The molecule has 5 heteroatoms. The van der Waals surface area contributed by atoms with Crippen molar-refractivity contribution in [3.63, 3.8) is 0 Å². The number of hydrogen-bond acceptors (Lipinski definition) is 4. The van der Waals surface area contributed by atoms with E-state index in [4.69, 9.17) is 9.47 Å². The summed E-state index contributed by atoms with van der Waals surface area (Å²) in [4.78, 5) is 0.